The van der Waals surface area contributed by atoms with Crippen LogP contribution in [0.3, 0.4) is 0 Å². The van der Waals surface area contributed by atoms with Gasteiger partial charge < -0.3 is 10.1 Å². The molecule has 1 aromatic heterocycles. The van der Waals surface area contributed by atoms with E-state index in [1.54, 1.807) is 13.1 Å². The number of aromatic amines is 1. The van der Waals surface area contributed by atoms with Crippen LogP contribution in [0.1, 0.15) is 13.8 Å². The Kier molecular flexibility index (Phi) is 4.26. The molecule has 1 heterocycles. The van der Waals surface area contributed by atoms with Crippen molar-refractivity contribution in [2.75, 3.05) is 11.9 Å². The van der Waals surface area contributed by atoms with Gasteiger partial charge in [-0.1, -0.05) is 0 Å². The molecule has 0 radical (unpaired) electrons. The number of aromatic nitrogens is 2. The summed E-state index contributed by atoms with van der Waals surface area (Å²) in [6.45, 7) is 3.22. The van der Waals surface area contributed by atoms with Crippen LogP contribution in [0.15, 0.2) is 24.2 Å². The summed E-state index contributed by atoms with van der Waals surface area (Å²) in [6.07, 6.45) is 4.43. The highest BCUT2D eigenvalue weighted by Gasteiger charge is 2.15. The number of hydrogen-bond donors (Lipinski definition) is 2. The summed E-state index contributed by atoms with van der Waals surface area (Å²) in [5.74, 6) is -0.986. The average Bonchev–Trinajstić information content (AvgIpc) is 2.70. The number of hydrogen-bond acceptors (Lipinski definition) is 5. The summed E-state index contributed by atoms with van der Waals surface area (Å²) < 4.78 is 4.74. The molecular weight excluding hydrogens is 210 g/mol. The zero-order chi connectivity index (χ0) is 12.0. The molecule has 0 atom stereocenters. The minimum absolute atomic E-state index is 0.0250. The molecule has 0 aliphatic carbocycles. The molecule has 0 spiro atoms. The Labute approximate surface area is 92.7 Å². The Morgan fingerprint density at radius 1 is 1.62 bits per heavy atom. The van der Waals surface area contributed by atoms with Crippen molar-refractivity contribution in [1.82, 2.24) is 10.2 Å². The molecule has 6 heteroatoms. The van der Waals surface area contributed by atoms with Gasteiger partial charge in [0.25, 0.3) is 0 Å². The standard InChI is InChI=1S/C10H13N3O3/c1-3-16-10(15)9(7(2)14)6-11-8-4-12-13-5-8/h4-6,11H,3H2,1-2H3,(H,12,13)/b9-6-. The number of ketones is 1. The van der Waals surface area contributed by atoms with Gasteiger partial charge >= 0.3 is 5.97 Å². The van der Waals surface area contributed by atoms with Gasteiger partial charge in [0, 0.05) is 12.4 Å². The fourth-order valence-corrected chi connectivity index (χ4v) is 0.998. The van der Waals surface area contributed by atoms with Gasteiger partial charge in [-0.05, 0) is 13.8 Å². The van der Waals surface area contributed by atoms with E-state index in [0.717, 1.165) is 0 Å². The normalized spacial score (nSPS) is 11.0. The lowest BCUT2D eigenvalue weighted by molar-refractivity contribution is -0.139. The van der Waals surface area contributed by atoms with Crippen LogP contribution < -0.4 is 5.32 Å². The van der Waals surface area contributed by atoms with Gasteiger partial charge in [-0.15, -0.1) is 0 Å². The summed E-state index contributed by atoms with van der Waals surface area (Å²) in [5.41, 5.74) is 0.631. The highest BCUT2D eigenvalue weighted by Crippen LogP contribution is 2.05. The van der Waals surface area contributed by atoms with Gasteiger partial charge in [0.15, 0.2) is 5.78 Å². The van der Waals surface area contributed by atoms with Crippen molar-refractivity contribution in [3.63, 3.8) is 0 Å². The molecule has 0 bridgehead atoms. The molecule has 0 aromatic carbocycles. The minimum atomic E-state index is -0.633. The summed E-state index contributed by atoms with van der Waals surface area (Å²) in [6, 6.07) is 0. The predicted molar refractivity (Wildman–Crippen MR) is 57.6 cm³/mol. The topological polar surface area (TPSA) is 84.1 Å². The molecule has 1 aromatic rings. The number of H-pyrrole nitrogens is 1. The first-order valence-corrected chi connectivity index (χ1v) is 4.78. The molecular formula is C10H13N3O3. The Hall–Kier alpha value is -2.11. The number of carbonyl (C=O) groups is 2. The van der Waals surface area contributed by atoms with Crippen molar-refractivity contribution in [3.05, 3.63) is 24.2 Å². The van der Waals surface area contributed by atoms with Crippen LogP contribution >= 0.6 is 0 Å². The third kappa shape index (κ3) is 3.23. The van der Waals surface area contributed by atoms with Gasteiger partial charge in [-0.2, -0.15) is 5.10 Å². The van der Waals surface area contributed by atoms with E-state index in [-0.39, 0.29) is 18.0 Å². The number of nitrogens with one attached hydrogen (secondary N) is 2. The maximum Gasteiger partial charge on any atom is 0.343 e. The van der Waals surface area contributed by atoms with E-state index in [0.29, 0.717) is 5.69 Å². The molecule has 0 aliphatic heterocycles. The first kappa shape index (κ1) is 12.0. The Bertz CT molecular complexity index is 395. The first-order chi connectivity index (χ1) is 7.65. The lowest BCUT2D eigenvalue weighted by atomic mass is 10.2. The van der Waals surface area contributed by atoms with E-state index in [1.165, 1.54) is 19.3 Å². The number of anilines is 1. The zero-order valence-corrected chi connectivity index (χ0v) is 9.11. The Morgan fingerprint density at radius 2 is 2.38 bits per heavy atom. The Morgan fingerprint density at radius 3 is 2.88 bits per heavy atom. The third-order valence-electron chi connectivity index (χ3n) is 1.76. The zero-order valence-electron chi connectivity index (χ0n) is 9.11. The van der Waals surface area contributed by atoms with Crippen LogP contribution in [0.5, 0.6) is 0 Å². The second-order valence-corrected chi connectivity index (χ2v) is 2.97. The molecule has 6 nitrogen and oxygen atoms in total. The van der Waals surface area contributed by atoms with Gasteiger partial charge in [0.1, 0.15) is 5.57 Å². The number of rotatable bonds is 5. The monoisotopic (exact) mass is 223 g/mol. The number of carbonyl (C=O) groups excluding carboxylic acids is 2. The quantitative estimate of drug-likeness (QED) is 0.335. The van der Waals surface area contributed by atoms with E-state index in [9.17, 15) is 9.59 Å². The number of ether oxygens (including phenoxy) is 1. The first-order valence-electron chi connectivity index (χ1n) is 4.78. The van der Waals surface area contributed by atoms with Gasteiger partial charge in [0.05, 0.1) is 18.5 Å². The molecule has 1 rings (SSSR count). The highest BCUT2D eigenvalue weighted by molar-refractivity contribution is 6.16. The second-order valence-electron chi connectivity index (χ2n) is 2.97. The van der Waals surface area contributed by atoms with Gasteiger partial charge in [-0.3, -0.25) is 9.89 Å². The maximum atomic E-state index is 11.4. The smallest absolute Gasteiger partial charge is 0.343 e. The van der Waals surface area contributed by atoms with Crippen molar-refractivity contribution in [2.45, 2.75) is 13.8 Å². The average molecular weight is 223 g/mol. The minimum Gasteiger partial charge on any atom is -0.462 e. The van der Waals surface area contributed by atoms with Crippen molar-refractivity contribution in [1.29, 1.82) is 0 Å². The Balaban J connectivity index is 2.73. The van der Waals surface area contributed by atoms with Crippen LogP contribution in [-0.2, 0) is 14.3 Å². The summed E-state index contributed by atoms with van der Waals surface area (Å²) in [4.78, 5) is 22.6. The molecule has 0 unspecified atom stereocenters. The predicted octanol–water partition coefficient (Wildman–Crippen LogP) is 0.858. The SMILES string of the molecule is CCOC(=O)/C(=C\Nc1cn[nH]c1)C(C)=O. The van der Waals surface area contributed by atoms with E-state index in [2.05, 4.69) is 15.5 Å². The van der Waals surface area contributed by atoms with Gasteiger partial charge in [0.2, 0.25) is 0 Å². The van der Waals surface area contributed by atoms with Crippen molar-refractivity contribution in [2.24, 2.45) is 0 Å². The van der Waals surface area contributed by atoms with Crippen LogP contribution in [0.2, 0.25) is 0 Å². The van der Waals surface area contributed by atoms with Crippen LogP contribution in [0.4, 0.5) is 5.69 Å². The lowest BCUT2D eigenvalue weighted by Crippen LogP contribution is -2.15. The molecule has 0 amide bonds. The third-order valence-corrected chi connectivity index (χ3v) is 1.76. The maximum absolute atomic E-state index is 11.4. The van der Waals surface area contributed by atoms with Gasteiger partial charge in [-0.25, -0.2) is 4.79 Å². The van der Waals surface area contributed by atoms with E-state index < -0.39 is 5.97 Å². The number of nitrogens with zero attached hydrogens (tertiary/aromatic N) is 1. The van der Waals surface area contributed by atoms with Crippen molar-refractivity contribution >= 4 is 17.4 Å². The van der Waals surface area contributed by atoms with Crippen LogP contribution in [-0.4, -0.2) is 28.6 Å². The molecule has 16 heavy (non-hydrogen) atoms. The summed E-state index contributed by atoms with van der Waals surface area (Å²) >= 11 is 0. The molecule has 0 saturated heterocycles. The lowest BCUT2D eigenvalue weighted by Gasteiger charge is -2.03. The van der Waals surface area contributed by atoms with Crippen LogP contribution in [0.25, 0.3) is 0 Å². The van der Waals surface area contributed by atoms with E-state index in [4.69, 9.17) is 4.74 Å². The summed E-state index contributed by atoms with van der Waals surface area (Å²) in [7, 11) is 0. The van der Waals surface area contributed by atoms with Crippen molar-refractivity contribution < 1.29 is 14.3 Å². The molecule has 0 fully saturated rings. The fourth-order valence-electron chi connectivity index (χ4n) is 0.998. The largest absolute Gasteiger partial charge is 0.462 e. The second kappa shape index (κ2) is 5.69. The molecule has 2 N–H and O–H groups in total. The van der Waals surface area contributed by atoms with Crippen molar-refractivity contribution in [3.8, 4) is 0 Å². The van der Waals surface area contributed by atoms with Crippen LogP contribution in [0, 0.1) is 0 Å². The van der Waals surface area contributed by atoms with E-state index in [1.807, 2.05) is 0 Å². The number of esters is 1. The molecule has 86 valence electrons. The molecule has 0 saturated carbocycles. The fraction of sp³-hybridized carbons (Fsp3) is 0.300. The number of Topliss-reactive ketones (excluding diaryl/α,β-unsaturated/α-hetero) is 1. The molecule has 0 aliphatic rings. The highest BCUT2D eigenvalue weighted by atomic mass is 16.5. The van der Waals surface area contributed by atoms with E-state index >= 15 is 0 Å². The summed E-state index contributed by atoms with van der Waals surface area (Å²) in [5, 5.41) is 9.07.